The highest BCUT2D eigenvalue weighted by molar-refractivity contribution is 6.01. The average molecular weight is 545 g/mol. The van der Waals surface area contributed by atoms with Crippen LogP contribution in [0.2, 0.25) is 0 Å². The highest BCUT2D eigenvalue weighted by Crippen LogP contribution is 2.69. The largest absolute Gasteiger partial charge is 0.393 e. The summed E-state index contributed by atoms with van der Waals surface area (Å²) in [5.41, 5.74) is 4.30. The van der Waals surface area contributed by atoms with Crippen molar-refractivity contribution >= 4 is 17.5 Å². The monoisotopic (exact) mass is 544 g/mol. The van der Waals surface area contributed by atoms with Crippen molar-refractivity contribution < 1.29 is 33.7 Å². The molecule has 1 amide bonds. The Morgan fingerprint density at radius 1 is 1.33 bits per heavy atom. The number of nitrogens with zero attached hydrogens (tertiary/aromatic N) is 1. The van der Waals surface area contributed by atoms with Gasteiger partial charge in [-0.15, -0.1) is 0 Å². The van der Waals surface area contributed by atoms with Crippen LogP contribution in [0.4, 0.5) is 0 Å². The highest BCUT2D eigenvalue weighted by atomic mass is 16.7. The Morgan fingerprint density at radius 2 is 2.08 bits per heavy atom. The zero-order valence-electron chi connectivity index (χ0n) is 23.9. The van der Waals surface area contributed by atoms with E-state index in [4.69, 9.17) is 19.9 Å². The zero-order valence-corrected chi connectivity index (χ0v) is 23.9. The van der Waals surface area contributed by atoms with Crippen LogP contribution in [-0.4, -0.2) is 78.0 Å². The first kappa shape index (κ1) is 28.6. The van der Waals surface area contributed by atoms with Gasteiger partial charge in [0.2, 0.25) is 5.91 Å². The molecule has 5 aliphatic rings. The molecule has 6 unspecified atom stereocenters. The van der Waals surface area contributed by atoms with Gasteiger partial charge in [-0.05, 0) is 63.0 Å². The molecule has 39 heavy (non-hydrogen) atoms. The Bertz CT molecular complexity index is 1090. The molecule has 1 heterocycles. The number of fused-ring (bicyclic) bond motifs is 7. The number of hydrogen-bond donors (Lipinski definition) is 2. The topological polar surface area (TPSA) is 128 Å². The summed E-state index contributed by atoms with van der Waals surface area (Å²) < 4.78 is 19.0. The lowest BCUT2D eigenvalue weighted by Gasteiger charge is -2.59. The van der Waals surface area contributed by atoms with Crippen molar-refractivity contribution in [1.29, 1.82) is 0 Å². The van der Waals surface area contributed by atoms with E-state index in [0.717, 1.165) is 24.8 Å². The van der Waals surface area contributed by atoms with Gasteiger partial charge in [-0.3, -0.25) is 14.4 Å². The fourth-order valence-electron chi connectivity index (χ4n) is 8.77. The molecule has 216 valence electrons. The van der Waals surface area contributed by atoms with Crippen LogP contribution in [0.25, 0.3) is 0 Å². The maximum atomic E-state index is 14.2. The molecule has 0 bridgehead atoms. The fourth-order valence-corrected chi connectivity index (χ4v) is 8.77. The van der Waals surface area contributed by atoms with Gasteiger partial charge in [-0.2, -0.15) is 0 Å². The quantitative estimate of drug-likeness (QED) is 0.446. The number of Topliss-reactive ketones (excluding diaryl/α,β-unsaturated/α-hetero) is 1. The van der Waals surface area contributed by atoms with Gasteiger partial charge in [-0.25, -0.2) is 0 Å². The number of allylic oxidation sites excluding steroid dienone is 4. The second kappa shape index (κ2) is 10.2. The molecule has 5 rings (SSSR count). The number of carbonyl (C=O) groups is 3. The van der Waals surface area contributed by atoms with Crippen LogP contribution in [-0.2, 0) is 28.6 Å². The van der Waals surface area contributed by atoms with Gasteiger partial charge in [-0.1, -0.05) is 38.8 Å². The minimum Gasteiger partial charge on any atom is -0.393 e. The van der Waals surface area contributed by atoms with Gasteiger partial charge < -0.3 is 30.0 Å². The van der Waals surface area contributed by atoms with E-state index in [1.165, 1.54) is 4.90 Å². The minimum absolute atomic E-state index is 0.00723. The molecular formula is C30H44N2O7. The molecule has 1 saturated heterocycles. The summed E-state index contributed by atoms with van der Waals surface area (Å²) in [4.78, 5) is 39.8. The van der Waals surface area contributed by atoms with Crippen LogP contribution in [0.1, 0.15) is 66.2 Å². The number of carbonyl (C=O) groups excluding carboxylic acids is 3. The summed E-state index contributed by atoms with van der Waals surface area (Å²) in [5, 5.41) is 11.8. The van der Waals surface area contributed by atoms with Crippen LogP contribution in [0, 0.1) is 28.6 Å². The molecule has 3 saturated carbocycles. The molecule has 1 aliphatic heterocycles. The van der Waals surface area contributed by atoms with Gasteiger partial charge in [0.15, 0.2) is 23.5 Å². The lowest BCUT2D eigenvalue weighted by atomic mass is 9.46. The second-order valence-corrected chi connectivity index (χ2v) is 12.7. The molecular weight excluding hydrogens is 500 g/mol. The molecule has 0 aromatic carbocycles. The first-order chi connectivity index (χ1) is 18.4. The molecule has 0 aromatic rings. The van der Waals surface area contributed by atoms with Gasteiger partial charge >= 0.3 is 0 Å². The molecule has 4 aliphatic carbocycles. The number of nitrogens with two attached hydrogens (primary N) is 1. The van der Waals surface area contributed by atoms with E-state index in [0.29, 0.717) is 19.3 Å². The molecule has 3 N–H and O–H groups in total. The van der Waals surface area contributed by atoms with Crippen molar-refractivity contribution in [3.8, 4) is 0 Å². The van der Waals surface area contributed by atoms with E-state index in [1.807, 2.05) is 6.08 Å². The van der Waals surface area contributed by atoms with E-state index >= 15 is 0 Å². The molecule has 9 nitrogen and oxygen atoms in total. The number of hydrogen-bond acceptors (Lipinski definition) is 8. The third-order valence-electron chi connectivity index (χ3n) is 10.8. The summed E-state index contributed by atoms with van der Waals surface area (Å²) in [6.07, 6.45) is 7.39. The Morgan fingerprint density at radius 3 is 2.77 bits per heavy atom. The first-order valence-electron chi connectivity index (χ1n) is 14.5. The fraction of sp³-hybridized carbons (Fsp3) is 0.767. The van der Waals surface area contributed by atoms with Gasteiger partial charge in [0.25, 0.3) is 0 Å². The van der Waals surface area contributed by atoms with Gasteiger partial charge in [0, 0.05) is 23.8 Å². The standard InChI is InChI=1S/C30H44N2O7/c1-6-7-26-38-24-13-21-20-9-8-18-12-19(33)10-11-28(18,3)27(20)22(34)14-29(21,4)30(24,39-26)23(35)16-37-17(2)32(5)25(36)15-31/h10-12,17,20-22,24,26-27,34H,6-9,13-16,31H2,1-5H3/t17?,20-,21?,22?,24?,26?,27?,28-,29-,30+/m0/s1. The lowest BCUT2D eigenvalue weighted by molar-refractivity contribution is -0.203. The molecule has 0 spiro atoms. The molecule has 4 fully saturated rings. The van der Waals surface area contributed by atoms with Crippen LogP contribution in [0.15, 0.2) is 23.8 Å². The third-order valence-corrected chi connectivity index (χ3v) is 10.8. The number of rotatable bonds is 8. The summed E-state index contributed by atoms with van der Waals surface area (Å²) in [6.45, 7) is 7.63. The van der Waals surface area contributed by atoms with E-state index < -0.39 is 41.2 Å². The van der Waals surface area contributed by atoms with E-state index in [1.54, 1.807) is 26.1 Å². The van der Waals surface area contributed by atoms with Crippen LogP contribution >= 0.6 is 0 Å². The molecule has 0 radical (unpaired) electrons. The third kappa shape index (κ3) is 4.19. The van der Waals surface area contributed by atoms with Crippen molar-refractivity contribution in [3.05, 3.63) is 23.8 Å². The Balaban J connectivity index is 1.46. The maximum Gasteiger partial charge on any atom is 0.238 e. The Hall–Kier alpha value is -1.91. The first-order valence-corrected chi connectivity index (χ1v) is 14.5. The average Bonchev–Trinajstić information content (AvgIpc) is 3.38. The summed E-state index contributed by atoms with van der Waals surface area (Å²) in [5.74, 6) is -0.267. The SMILES string of the molecule is CCCC1OC2CC3[C@@H]4CCC5=CC(=O)C=C[C@]5(C)C4C(O)C[C@]3(C)[C@]2(C(=O)COC(C)N(C)C(=O)CN)O1. The predicted molar refractivity (Wildman–Crippen MR) is 143 cm³/mol. The number of ether oxygens (including phenoxy) is 3. The minimum atomic E-state index is -1.24. The summed E-state index contributed by atoms with van der Waals surface area (Å²) in [7, 11) is 1.60. The Kier molecular flexibility index (Phi) is 7.46. The number of amides is 1. The number of ketones is 2. The van der Waals surface area contributed by atoms with Gasteiger partial charge in [0.1, 0.15) is 12.8 Å². The van der Waals surface area contributed by atoms with Crippen LogP contribution < -0.4 is 5.73 Å². The summed E-state index contributed by atoms with van der Waals surface area (Å²) >= 11 is 0. The second-order valence-electron chi connectivity index (χ2n) is 12.7. The molecule has 9 heteroatoms. The van der Waals surface area contributed by atoms with Crippen molar-refractivity contribution in [3.63, 3.8) is 0 Å². The molecule has 0 aromatic heterocycles. The van der Waals surface area contributed by atoms with Crippen molar-refractivity contribution in [2.45, 2.75) is 96.5 Å². The smallest absolute Gasteiger partial charge is 0.238 e. The van der Waals surface area contributed by atoms with Crippen LogP contribution in [0.5, 0.6) is 0 Å². The zero-order chi connectivity index (χ0) is 28.3. The Labute approximate surface area is 231 Å². The highest BCUT2D eigenvalue weighted by Gasteiger charge is 2.75. The number of aliphatic hydroxyl groups excluding tert-OH is 1. The normalized spacial score (nSPS) is 43.2. The van der Waals surface area contributed by atoms with E-state index in [-0.39, 0.29) is 48.4 Å². The lowest BCUT2D eigenvalue weighted by Crippen LogP contribution is -2.63. The van der Waals surface area contributed by atoms with Gasteiger partial charge in [0.05, 0.1) is 18.8 Å². The van der Waals surface area contributed by atoms with Crippen LogP contribution in [0.3, 0.4) is 0 Å². The number of aliphatic hydroxyl groups is 1. The van der Waals surface area contributed by atoms with Crippen molar-refractivity contribution in [1.82, 2.24) is 4.90 Å². The maximum absolute atomic E-state index is 14.2. The summed E-state index contributed by atoms with van der Waals surface area (Å²) in [6, 6.07) is 0. The van der Waals surface area contributed by atoms with E-state index in [9.17, 15) is 19.5 Å². The van der Waals surface area contributed by atoms with Crippen molar-refractivity contribution in [2.24, 2.45) is 34.3 Å². The molecule has 10 atom stereocenters. The van der Waals surface area contributed by atoms with Crippen molar-refractivity contribution in [2.75, 3.05) is 20.2 Å². The predicted octanol–water partition coefficient (Wildman–Crippen LogP) is 2.50. The number of likely N-dealkylation sites (N-methyl/N-ethyl adjacent to an activating group) is 1. The van der Waals surface area contributed by atoms with E-state index in [2.05, 4.69) is 20.8 Å².